The van der Waals surface area contributed by atoms with Crippen LogP contribution in [0.1, 0.15) is 29.9 Å². The highest BCUT2D eigenvalue weighted by atomic mass is 32.2. The number of nitrogens with zero attached hydrogens (tertiary/aromatic N) is 1. The molecular formula is C20H18N2O6S2. The number of hydrogen-bond donors (Lipinski definition) is 2. The molecule has 2 N–H and O–H groups in total. The Morgan fingerprint density at radius 3 is 2.67 bits per heavy atom. The number of hydrogen-bond acceptors (Lipinski definition) is 7. The summed E-state index contributed by atoms with van der Waals surface area (Å²) in [6.45, 7) is 1.39. The zero-order valence-electron chi connectivity index (χ0n) is 15.8. The van der Waals surface area contributed by atoms with Crippen molar-refractivity contribution in [3.8, 4) is 0 Å². The number of aromatic amines is 1. The summed E-state index contributed by atoms with van der Waals surface area (Å²) >= 11 is 2.77. The van der Waals surface area contributed by atoms with Gasteiger partial charge in [-0.2, -0.15) is 0 Å². The van der Waals surface area contributed by atoms with Crippen molar-refractivity contribution in [1.82, 2.24) is 9.88 Å². The summed E-state index contributed by atoms with van der Waals surface area (Å²) < 4.78 is 5.75. The van der Waals surface area contributed by atoms with Crippen LogP contribution in [0.5, 0.6) is 0 Å². The highest BCUT2D eigenvalue weighted by Crippen LogP contribution is 2.68. The number of amides is 2. The summed E-state index contributed by atoms with van der Waals surface area (Å²) in [6.07, 6.45) is 2.37. The number of fused-ring (bicyclic) bond motifs is 9. The second-order valence-corrected chi connectivity index (χ2v) is 10.7. The number of carboxylic acids is 1. The molecule has 2 aliphatic heterocycles. The van der Waals surface area contributed by atoms with E-state index in [1.165, 1.54) is 18.3 Å². The first-order valence-electron chi connectivity index (χ1n) is 9.91. The molecule has 0 unspecified atom stereocenters. The molecule has 1 saturated heterocycles. The number of likely N-dealkylation sites (tertiary alicyclic amines) is 1. The Hall–Kier alpha value is -2.33. The number of nitrogens with one attached hydrogen (secondary N) is 1. The number of aliphatic carboxylic acids is 1. The predicted octanol–water partition coefficient (Wildman–Crippen LogP) is 1.98. The molecule has 8 nitrogen and oxygen atoms in total. The van der Waals surface area contributed by atoms with Gasteiger partial charge in [0.15, 0.2) is 0 Å². The van der Waals surface area contributed by atoms with Gasteiger partial charge in [0.1, 0.15) is 11.8 Å². The van der Waals surface area contributed by atoms with E-state index in [0.717, 1.165) is 27.0 Å². The summed E-state index contributed by atoms with van der Waals surface area (Å²) in [5.41, 5.74) is 0. The van der Waals surface area contributed by atoms with Crippen LogP contribution in [-0.2, 0) is 14.4 Å². The normalized spacial score (nSPS) is 37.2. The molecule has 2 aromatic rings. The number of carboxylic acid groups (broad SMARTS) is 1. The topological polar surface area (TPSA) is 121 Å². The molecule has 6 rings (SSSR count). The van der Waals surface area contributed by atoms with E-state index in [-0.39, 0.29) is 45.6 Å². The fourth-order valence-electron chi connectivity index (χ4n) is 6.32. The van der Waals surface area contributed by atoms with Crippen molar-refractivity contribution >= 4 is 40.9 Å². The third kappa shape index (κ3) is 2.18. The van der Waals surface area contributed by atoms with Gasteiger partial charge >= 0.3 is 10.8 Å². The van der Waals surface area contributed by atoms with Crippen molar-refractivity contribution in [3.63, 3.8) is 0 Å². The van der Waals surface area contributed by atoms with E-state index < -0.39 is 23.8 Å². The van der Waals surface area contributed by atoms with Gasteiger partial charge < -0.3 is 14.5 Å². The van der Waals surface area contributed by atoms with Gasteiger partial charge in [0.25, 0.3) is 0 Å². The van der Waals surface area contributed by atoms with Crippen molar-refractivity contribution < 1.29 is 23.9 Å². The maximum Gasteiger partial charge on any atom is 0.326 e. The SMILES string of the molecule is C[C@H](C(=O)O)N1C(=O)[C@@H]2[C@H]3C[C@@H]([C@H]2C1=O)[C@H]1[C@@H](c2ccco2)c2sc(=O)[nH]c2S[C@@H]31. The number of thiazole rings is 1. The van der Waals surface area contributed by atoms with Crippen LogP contribution in [0.15, 0.2) is 32.6 Å². The number of carbonyl (C=O) groups excluding carboxylic acids is 2. The van der Waals surface area contributed by atoms with Crippen molar-refractivity contribution in [2.75, 3.05) is 0 Å². The van der Waals surface area contributed by atoms with Crippen LogP contribution < -0.4 is 4.87 Å². The average molecular weight is 447 g/mol. The minimum Gasteiger partial charge on any atom is -0.480 e. The molecule has 0 aromatic carbocycles. The number of imide groups is 1. The van der Waals surface area contributed by atoms with E-state index in [9.17, 15) is 24.3 Å². The van der Waals surface area contributed by atoms with Gasteiger partial charge in [0, 0.05) is 5.25 Å². The predicted molar refractivity (Wildman–Crippen MR) is 106 cm³/mol. The van der Waals surface area contributed by atoms with Crippen LogP contribution in [0.4, 0.5) is 0 Å². The number of aromatic nitrogens is 1. The zero-order chi connectivity index (χ0) is 20.9. The molecule has 2 aliphatic carbocycles. The number of H-pyrrole nitrogens is 1. The molecule has 10 heteroatoms. The monoisotopic (exact) mass is 446 g/mol. The van der Waals surface area contributed by atoms with Crippen LogP contribution in [0.3, 0.4) is 0 Å². The van der Waals surface area contributed by atoms with Gasteiger partial charge in [-0.3, -0.25) is 19.3 Å². The Labute approximate surface area is 178 Å². The molecule has 4 heterocycles. The Morgan fingerprint density at radius 1 is 1.27 bits per heavy atom. The van der Waals surface area contributed by atoms with E-state index in [1.807, 2.05) is 12.1 Å². The van der Waals surface area contributed by atoms with E-state index in [0.29, 0.717) is 0 Å². The molecule has 3 fully saturated rings. The quantitative estimate of drug-likeness (QED) is 0.692. The van der Waals surface area contributed by atoms with Gasteiger partial charge in [0.2, 0.25) is 11.8 Å². The van der Waals surface area contributed by atoms with Crippen LogP contribution in [0.2, 0.25) is 0 Å². The summed E-state index contributed by atoms with van der Waals surface area (Å²) in [7, 11) is 0. The van der Waals surface area contributed by atoms with Crippen molar-refractivity contribution in [1.29, 1.82) is 0 Å². The van der Waals surface area contributed by atoms with Gasteiger partial charge in [-0.15, -0.1) is 11.8 Å². The summed E-state index contributed by atoms with van der Waals surface area (Å²) in [4.78, 5) is 54.6. The number of furan rings is 1. The fourth-order valence-corrected chi connectivity index (χ4v) is 9.19. The standard InChI is InChI=1S/C20H18N2O6S2/c1-6(19(25)26)22-17(23)11-7-5-8(12(11)18(22)24)14-10(7)13(9-3-2-4-28-9)15-16(29-14)21-20(27)30-15/h2-4,6-8,10-14H,5H2,1H3,(H,21,27)(H,25,26)/t6-,7-,8-,10+,11-,12-,13-,14+/m1/s1. The molecule has 4 aliphatic rings. The first kappa shape index (κ1) is 18.4. The van der Waals surface area contributed by atoms with Crippen LogP contribution in [0.25, 0.3) is 0 Å². The second kappa shape index (κ2) is 6.10. The Bertz CT molecular complexity index is 1140. The Balaban J connectivity index is 1.45. The molecule has 30 heavy (non-hydrogen) atoms. The smallest absolute Gasteiger partial charge is 0.326 e. The molecule has 2 amide bonds. The van der Waals surface area contributed by atoms with E-state index >= 15 is 0 Å². The molecule has 0 radical (unpaired) electrons. The third-order valence-electron chi connectivity index (χ3n) is 7.35. The second-order valence-electron chi connectivity index (χ2n) is 8.54. The number of rotatable bonds is 3. The Morgan fingerprint density at radius 2 is 2.00 bits per heavy atom. The highest BCUT2D eigenvalue weighted by molar-refractivity contribution is 8.00. The summed E-state index contributed by atoms with van der Waals surface area (Å²) in [6, 6.07) is 2.55. The van der Waals surface area contributed by atoms with Crippen LogP contribution in [0, 0.1) is 29.6 Å². The summed E-state index contributed by atoms with van der Waals surface area (Å²) in [5.74, 6) is -2.23. The van der Waals surface area contributed by atoms with E-state index in [1.54, 1.807) is 18.0 Å². The number of carbonyl (C=O) groups is 3. The van der Waals surface area contributed by atoms with E-state index in [4.69, 9.17) is 4.42 Å². The van der Waals surface area contributed by atoms with Gasteiger partial charge in [-0.25, -0.2) is 4.79 Å². The first-order valence-corrected chi connectivity index (χ1v) is 11.6. The maximum atomic E-state index is 13.2. The van der Waals surface area contributed by atoms with Crippen molar-refractivity contribution in [2.24, 2.45) is 29.6 Å². The van der Waals surface area contributed by atoms with Crippen molar-refractivity contribution in [3.05, 3.63) is 38.7 Å². The molecule has 2 saturated carbocycles. The minimum atomic E-state index is -1.18. The molecule has 0 spiro atoms. The van der Waals surface area contributed by atoms with Gasteiger partial charge in [-0.05, 0) is 43.2 Å². The lowest BCUT2D eigenvalue weighted by atomic mass is 9.69. The lowest BCUT2D eigenvalue weighted by molar-refractivity contribution is -0.154. The maximum absolute atomic E-state index is 13.2. The lowest BCUT2D eigenvalue weighted by Gasteiger charge is -2.42. The van der Waals surface area contributed by atoms with Crippen LogP contribution >= 0.6 is 23.1 Å². The average Bonchev–Trinajstić information content (AvgIpc) is 3.48. The molecule has 156 valence electrons. The van der Waals surface area contributed by atoms with Crippen molar-refractivity contribution in [2.45, 2.75) is 35.6 Å². The zero-order valence-corrected chi connectivity index (χ0v) is 17.4. The lowest BCUT2D eigenvalue weighted by Crippen LogP contribution is -2.44. The molecular weight excluding hydrogens is 428 g/mol. The molecule has 8 atom stereocenters. The molecule has 2 aromatic heterocycles. The van der Waals surface area contributed by atoms with Gasteiger partial charge in [-0.1, -0.05) is 11.3 Å². The minimum absolute atomic E-state index is 0.0218. The van der Waals surface area contributed by atoms with Gasteiger partial charge in [0.05, 0.1) is 33.9 Å². The number of thioether (sulfide) groups is 1. The van der Waals surface area contributed by atoms with Crippen LogP contribution in [-0.4, -0.2) is 44.1 Å². The Kier molecular flexibility index (Phi) is 3.75. The highest BCUT2D eigenvalue weighted by Gasteiger charge is 2.70. The molecule has 2 bridgehead atoms. The summed E-state index contributed by atoms with van der Waals surface area (Å²) in [5, 5.41) is 10.3. The first-order chi connectivity index (χ1) is 14.4. The third-order valence-corrected chi connectivity index (χ3v) is 9.94. The fraction of sp³-hybridized carbons (Fsp3) is 0.500. The van der Waals surface area contributed by atoms with E-state index in [2.05, 4.69) is 4.98 Å². The largest absolute Gasteiger partial charge is 0.480 e.